The lowest BCUT2D eigenvalue weighted by atomic mass is 9.97. The van der Waals surface area contributed by atoms with Crippen molar-refractivity contribution in [1.82, 2.24) is 19.9 Å². The Morgan fingerprint density at radius 3 is 2.52 bits per heavy atom. The van der Waals surface area contributed by atoms with Crippen LogP contribution in [-0.2, 0) is 6.18 Å². The predicted molar refractivity (Wildman–Crippen MR) is 91.4 cm³/mol. The third-order valence-electron chi connectivity index (χ3n) is 4.46. The molecule has 0 radical (unpaired) electrons. The Hall–Kier alpha value is -2.88. The average Bonchev–Trinajstić information content (AvgIpc) is 2.93. The maximum atomic E-state index is 12.9. The number of rotatable bonds is 2. The number of halogens is 3. The molecule has 7 nitrogen and oxygen atoms in total. The summed E-state index contributed by atoms with van der Waals surface area (Å²) in [6.45, 7) is 4.03. The number of hydrogen-bond acceptors (Lipinski definition) is 6. The molecule has 4 rings (SSSR count). The number of aromatic hydroxyl groups is 1. The number of alkyl halides is 3. The van der Waals surface area contributed by atoms with E-state index in [0.29, 0.717) is 30.6 Å². The van der Waals surface area contributed by atoms with Crippen molar-refractivity contribution >= 4 is 17.1 Å². The van der Waals surface area contributed by atoms with E-state index in [2.05, 4.69) is 19.9 Å². The van der Waals surface area contributed by atoms with E-state index in [1.165, 1.54) is 13.1 Å². The zero-order valence-electron chi connectivity index (χ0n) is 14.5. The largest absolute Gasteiger partial charge is 0.507 e. The molecule has 0 saturated carbocycles. The highest BCUT2D eigenvalue weighted by atomic mass is 19.4. The zero-order chi connectivity index (χ0) is 19.6. The highest BCUT2D eigenvalue weighted by molar-refractivity contribution is 5.77. The Bertz CT molecular complexity index is 1010. The van der Waals surface area contributed by atoms with Gasteiger partial charge in [-0.1, -0.05) is 0 Å². The molecule has 0 aliphatic carbocycles. The molecular weight excluding hydrogens is 363 g/mol. The summed E-state index contributed by atoms with van der Waals surface area (Å²) in [6.07, 6.45) is -3.03. The number of aromatic amines is 1. The van der Waals surface area contributed by atoms with Gasteiger partial charge in [-0.2, -0.15) is 13.2 Å². The van der Waals surface area contributed by atoms with Gasteiger partial charge in [0, 0.05) is 13.1 Å². The van der Waals surface area contributed by atoms with Crippen LogP contribution in [-0.4, -0.2) is 48.8 Å². The lowest BCUT2D eigenvalue weighted by Gasteiger charge is -2.44. The number of phenolic OH excluding ortho intramolecular Hbond substituents is 1. The number of nitrogens with one attached hydrogen (secondary N) is 1. The number of aryl methyl sites for hydroxylation is 1. The first-order chi connectivity index (χ1) is 12.5. The summed E-state index contributed by atoms with van der Waals surface area (Å²) in [5.74, 6) is 0.208. The molecule has 142 valence electrons. The van der Waals surface area contributed by atoms with Gasteiger partial charge in [-0.15, -0.1) is 0 Å². The number of aliphatic hydroxyl groups is 1. The Kier molecular flexibility index (Phi) is 3.61. The van der Waals surface area contributed by atoms with Gasteiger partial charge in [-0.05, 0) is 31.5 Å². The van der Waals surface area contributed by atoms with Crippen molar-refractivity contribution < 1.29 is 23.4 Å². The first-order valence-electron chi connectivity index (χ1n) is 8.15. The summed E-state index contributed by atoms with van der Waals surface area (Å²) in [4.78, 5) is 17.6. The Morgan fingerprint density at radius 2 is 1.93 bits per heavy atom. The van der Waals surface area contributed by atoms with Gasteiger partial charge in [0.25, 0.3) is 0 Å². The van der Waals surface area contributed by atoms with E-state index in [1.54, 1.807) is 6.92 Å². The summed E-state index contributed by atoms with van der Waals surface area (Å²) in [5, 5.41) is 20.0. The molecular formula is C17H16F3N5O2. The first-order valence-corrected chi connectivity index (χ1v) is 8.15. The average molecular weight is 379 g/mol. The molecule has 1 aliphatic heterocycles. The standard InChI is InChI=1S/C17H16F3N5O2/c1-8-3-9(17(18,19)20)4-10(26)12(8)13-23-14-15(24-13)22-11(5-21-14)25-6-16(2,27)7-25/h3-5,26-27H,6-7H2,1-2H3,(H,21,22,23,24). The minimum Gasteiger partial charge on any atom is -0.507 e. The molecule has 0 amide bonds. The van der Waals surface area contributed by atoms with Gasteiger partial charge in [-0.3, -0.25) is 0 Å². The summed E-state index contributed by atoms with van der Waals surface area (Å²) < 4.78 is 38.7. The van der Waals surface area contributed by atoms with Gasteiger partial charge in [0.2, 0.25) is 0 Å². The molecule has 0 spiro atoms. The molecule has 0 unspecified atom stereocenters. The van der Waals surface area contributed by atoms with Crippen LogP contribution in [0.5, 0.6) is 5.75 Å². The molecule has 3 heterocycles. The molecule has 1 aliphatic rings. The van der Waals surface area contributed by atoms with Gasteiger partial charge in [0.1, 0.15) is 17.4 Å². The van der Waals surface area contributed by atoms with E-state index in [-0.39, 0.29) is 22.6 Å². The Labute approximate surface area is 151 Å². The smallest absolute Gasteiger partial charge is 0.416 e. The third-order valence-corrected chi connectivity index (χ3v) is 4.46. The fourth-order valence-corrected chi connectivity index (χ4v) is 3.23. The molecule has 1 aromatic carbocycles. The van der Waals surface area contributed by atoms with Crippen LogP contribution in [0.1, 0.15) is 18.1 Å². The predicted octanol–water partition coefficient (Wildman–Crippen LogP) is 2.62. The van der Waals surface area contributed by atoms with Crippen LogP contribution in [0, 0.1) is 6.92 Å². The quantitative estimate of drug-likeness (QED) is 0.633. The van der Waals surface area contributed by atoms with E-state index in [0.717, 1.165) is 6.07 Å². The molecule has 27 heavy (non-hydrogen) atoms. The van der Waals surface area contributed by atoms with Crippen molar-refractivity contribution in [3.05, 3.63) is 29.5 Å². The maximum Gasteiger partial charge on any atom is 0.416 e. The van der Waals surface area contributed by atoms with Gasteiger partial charge >= 0.3 is 6.18 Å². The van der Waals surface area contributed by atoms with E-state index in [9.17, 15) is 23.4 Å². The highest BCUT2D eigenvalue weighted by Gasteiger charge is 2.37. The SMILES string of the molecule is Cc1cc(C(F)(F)F)cc(O)c1-c1nc2ncc(N3CC(C)(O)C3)nc2[nH]1. The number of nitrogens with zero attached hydrogens (tertiary/aromatic N) is 4. The summed E-state index contributed by atoms with van der Waals surface area (Å²) in [7, 11) is 0. The number of β-amino-alcohol motifs (C(OH)–C–C–N with tert-alkyl or cyclic N) is 1. The topological polar surface area (TPSA) is 98.2 Å². The van der Waals surface area contributed by atoms with Crippen molar-refractivity contribution in [3.8, 4) is 17.1 Å². The van der Waals surface area contributed by atoms with Gasteiger partial charge in [-0.25, -0.2) is 15.0 Å². The second-order valence-corrected chi connectivity index (χ2v) is 7.02. The summed E-state index contributed by atoms with van der Waals surface area (Å²) >= 11 is 0. The minimum absolute atomic E-state index is 0.163. The molecule has 3 aromatic rings. The van der Waals surface area contributed by atoms with E-state index >= 15 is 0 Å². The van der Waals surface area contributed by atoms with Crippen molar-refractivity contribution in [2.75, 3.05) is 18.0 Å². The number of phenols is 1. The van der Waals surface area contributed by atoms with Crippen LogP contribution >= 0.6 is 0 Å². The number of imidazole rings is 1. The Balaban J connectivity index is 1.73. The van der Waals surface area contributed by atoms with Gasteiger partial charge in [0.15, 0.2) is 11.3 Å². The molecule has 0 bridgehead atoms. The van der Waals surface area contributed by atoms with Gasteiger partial charge < -0.3 is 20.1 Å². The van der Waals surface area contributed by atoms with Gasteiger partial charge in [0.05, 0.1) is 22.9 Å². The monoisotopic (exact) mass is 379 g/mol. The second kappa shape index (κ2) is 5.56. The highest BCUT2D eigenvalue weighted by Crippen LogP contribution is 2.38. The van der Waals surface area contributed by atoms with Crippen molar-refractivity contribution in [1.29, 1.82) is 0 Å². The van der Waals surface area contributed by atoms with Crippen molar-refractivity contribution in [3.63, 3.8) is 0 Å². The second-order valence-electron chi connectivity index (χ2n) is 7.02. The number of hydrogen-bond donors (Lipinski definition) is 3. The fraction of sp³-hybridized carbons (Fsp3) is 0.353. The normalized spacial score (nSPS) is 16.6. The van der Waals surface area contributed by atoms with E-state index in [4.69, 9.17) is 0 Å². The number of H-pyrrole nitrogens is 1. The van der Waals surface area contributed by atoms with Crippen molar-refractivity contribution in [2.24, 2.45) is 0 Å². The molecule has 2 aromatic heterocycles. The van der Waals surface area contributed by atoms with E-state index < -0.39 is 23.1 Å². The summed E-state index contributed by atoms with van der Waals surface area (Å²) in [5.41, 5.74) is -0.691. The fourth-order valence-electron chi connectivity index (χ4n) is 3.23. The molecule has 3 N–H and O–H groups in total. The van der Waals surface area contributed by atoms with Crippen LogP contribution in [0.2, 0.25) is 0 Å². The number of aromatic nitrogens is 4. The molecule has 1 saturated heterocycles. The van der Waals surface area contributed by atoms with Crippen LogP contribution in [0.25, 0.3) is 22.7 Å². The Morgan fingerprint density at radius 1 is 1.22 bits per heavy atom. The van der Waals surface area contributed by atoms with Crippen LogP contribution in [0.15, 0.2) is 18.3 Å². The lowest BCUT2D eigenvalue weighted by Crippen LogP contribution is -2.60. The molecule has 10 heteroatoms. The van der Waals surface area contributed by atoms with Crippen LogP contribution < -0.4 is 4.90 Å². The van der Waals surface area contributed by atoms with Crippen LogP contribution in [0.4, 0.5) is 19.0 Å². The minimum atomic E-state index is -4.55. The van der Waals surface area contributed by atoms with Crippen LogP contribution in [0.3, 0.4) is 0 Å². The number of benzene rings is 1. The first kappa shape index (κ1) is 17.5. The zero-order valence-corrected chi connectivity index (χ0v) is 14.5. The number of anilines is 1. The lowest BCUT2D eigenvalue weighted by molar-refractivity contribution is -0.137. The number of fused-ring (bicyclic) bond motifs is 1. The summed E-state index contributed by atoms with van der Waals surface area (Å²) in [6, 6.07) is 1.63. The maximum absolute atomic E-state index is 12.9. The molecule has 1 fully saturated rings. The van der Waals surface area contributed by atoms with Crippen molar-refractivity contribution in [2.45, 2.75) is 25.6 Å². The third kappa shape index (κ3) is 3.05. The van der Waals surface area contributed by atoms with E-state index in [1.807, 2.05) is 4.90 Å². The molecule has 0 atom stereocenters.